The van der Waals surface area contributed by atoms with Gasteiger partial charge in [0.05, 0.1) is 13.7 Å². The van der Waals surface area contributed by atoms with Gasteiger partial charge in [-0.2, -0.15) is 0 Å². The molecule has 0 bridgehead atoms. The predicted octanol–water partition coefficient (Wildman–Crippen LogP) is 4.39. The molecule has 138 valence electrons. The Hall–Kier alpha value is -2.62. The maximum atomic E-state index is 13.4. The van der Waals surface area contributed by atoms with Gasteiger partial charge in [0.15, 0.2) is 0 Å². The summed E-state index contributed by atoms with van der Waals surface area (Å²) in [5, 5.41) is 2.17. The van der Waals surface area contributed by atoms with E-state index in [1.54, 1.807) is 7.11 Å². The van der Waals surface area contributed by atoms with Crippen LogP contribution in [0.3, 0.4) is 0 Å². The number of fused-ring (bicyclic) bond motifs is 1. The molecule has 27 heavy (non-hydrogen) atoms. The Morgan fingerprint density at radius 1 is 1.07 bits per heavy atom. The minimum Gasteiger partial charge on any atom is -0.497 e. The number of carbonyl (C=O) groups is 1. The van der Waals surface area contributed by atoms with Crippen LogP contribution in [0.25, 0.3) is 10.8 Å². The lowest BCUT2D eigenvalue weighted by molar-refractivity contribution is 0.0645. The molecule has 1 amide bonds. The molecule has 1 saturated carbocycles. The van der Waals surface area contributed by atoms with E-state index in [-0.39, 0.29) is 5.91 Å². The van der Waals surface area contributed by atoms with Crippen molar-refractivity contribution in [2.45, 2.75) is 44.2 Å². The molecule has 0 N–H and O–H groups in total. The number of hydrogen-bond acceptors (Lipinski definition) is 3. The van der Waals surface area contributed by atoms with Gasteiger partial charge in [-0.3, -0.25) is 9.79 Å². The van der Waals surface area contributed by atoms with Crippen LogP contribution in [0.5, 0.6) is 5.75 Å². The van der Waals surface area contributed by atoms with Crippen molar-refractivity contribution in [1.82, 2.24) is 4.90 Å². The normalized spacial score (nSPS) is 21.4. The number of amides is 1. The van der Waals surface area contributed by atoms with Crippen LogP contribution in [0.1, 0.15) is 42.5 Å². The van der Waals surface area contributed by atoms with E-state index in [4.69, 9.17) is 4.74 Å². The monoisotopic (exact) mass is 360 g/mol. The quantitative estimate of drug-likeness (QED) is 0.812. The molecule has 1 heterocycles. The molecule has 4 nitrogen and oxygen atoms in total. The fraction of sp³-hybridized carbons (Fsp3) is 0.391. The lowest BCUT2D eigenvalue weighted by Crippen LogP contribution is -2.43. The summed E-state index contributed by atoms with van der Waals surface area (Å²) in [5.74, 6) is 1.02. The molecule has 0 radical (unpaired) electrons. The molecule has 0 aromatic heterocycles. The summed E-state index contributed by atoms with van der Waals surface area (Å²) in [6.07, 6.45) is 7.40. The van der Waals surface area contributed by atoms with Crippen LogP contribution >= 0.6 is 0 Å². The van der Waals surface area contributed by atoms with Crippen molar-refractivity contribution in [3.63, 3.8) is 0 Å². The van der Waals surface area contributed by atoms with E-state index >= 15 is 0 Å². The van der Waals surface area contributed by atoms with Crippen molar-refractivity contribution in [2.75, 3.05) is 13.7 Å². The number of benzene rings is 2. The highest BCUT2D eigenvalue weighted by atomic mass is 16.5. The van der Waals surface area contributed by atoms with Gasteiger partial charge in [0, 0.05) is 23.9 Å². The summed E-state index contributed by atoms with van der Waals surface area (Å²) in [6, 6.07) is 12.7. The van der Waals surface area contributed by atoms with Gasteiger partial charge in [0.1, 0.15) is 5.75 Å². The Balaban J connectivity index is 1.44. The highest BCUT2D eigenvalue weighted by Crippen LogP contribution is 2.37. The maximum Gasteiger partial charge on any atom is 0.254 e. The Morgan fingerprint density at radius 2 is 1.89 bits per heavy atom. The molecule has 0 spiro atoms. The van der Waals surface area contributed by atoms with Crippen molar-refractivity contribution in [1.29, 1.82) is 0 Å². The molecule has 2 aromatic rings. The van der Waals surface area contributed by atoms with Crippen molar-refractivity contribution in [3.8, 4) is 5.75 Å². The van der Waals surface area contributed by atoms with Crippen LogP contribution in [-0.4, -0.2) is 42.8 Å². The average Bonchev–Trinajstić information content (AvgIpc) is 3.42. The van der Waals surface area contributed by atoms with Crippen LogP contribution < -0.4 is 4.74 Å². The number of aliphatic imine (C=N–C) groups is 1. The third-order valence-electron chi connectivity index (χ3n) is 6.08. The zero-order chi connectivity index (χ0) is 18.4. The second-order valence-corrected chi connectivity index (χ2v) is 7.87. The SMILES string of the molecule is COc1ccc2cc(C(=O)N(C3CC3)C3CCC4=C(C=NC4)C3)ccc2c1. The summed E-state index contributed by atoms with van der Waals surface area (Å²) in [6.45, 7) is 0.869. The van der Waals surface area contributed by atoms with E-state index in [0.29, 0.717) is 12.1 Å². The number of ether oxygens (including phenoxy) is 1. The number of carbonyl (C=O) groups excluding carboxylic acids is 1. The minimum atomic E-state index is 0.180. The van der Waals surface area contributed by atoms with E-state index < -0.39 is 0 Å². The maximum absolute atomic E-state index is 13.4. The zero-order valence-corrected chi connectivity index (χ0v) is 15.6. The third kappa shape index (κ3) is 3.03. The van der Waals surface area contributed by atoms with Gasteiger partial charge >= 0.3 is 0 Å². The van der Waals surface area contributed by atoms with E-state index in [2.05, 4.69) is 9.89 Å². The van der Waals surface area contributed by atoms with Crippen LogP contribution in [0.15, 0.2) is 52.5 Å². The smallest absolute Gasteiger partial charge is 0.254 e. The lowest BCUT2D eigenvalue weighted by Gasteiger charge is -2.35. The first-order valence-corrected chi connectivity index (χ1v) is 9.84. The number of rotatable bonds is 4. The molecule has 2 aromatic carbocycles. The van der Waals surface area contributed by atoms with Gasteiger partial charge in [-0.05, 0) is 78.3 Å². The van der Waals surface area contributed by atoms with Gasteiger partial charge in [-0.15, -0.1) is 0 Å². The molecule has 1 unspecified atom stereocenters. The molecule has 1 aliphatic heterocycles. The molecule has 0 saturated heterocycles. The number of methoxy groups -OCH3 is 1. The van der Waals surface area contributed by atoms with Crippen LogP contribution in [-0.2, 0) is 0 Å². The Bertz CT molecular complexity index is 972. The fourth-order valence-electron chi connectivity index (χ4n) is 4.45. The van der Waals surface area contributed by atoms with Gasteiger partial charge < -0.3 is 9.64 Å². The van der Waals surface area contributed by atoms with Crippen LogP contribution in [0.4, 0.5) is 0 Å². The summed E-state index contributed by atoms with van der Waals surface area (Å²) < 4.78 is 5.30. The van der Waals surface area contributed by atoms with Gasteiger partial charge in [-0.1, -0.05) is 12.1 Å². The van der Waals surface area contributed by atoms with Gasteiger partial charge in [-0.25, -0.2) is 0 Å². The molecule has 1 fully saturated rings. The second-order valence-electron chi connectivity index (χ2n) is 7.87. The van der Waals surface area contributed by atoms with E-state index in [9.17, 15) is 4.79 Å². The largest absolute Gasteiger partial charge is 0.497 e. The standard InChI is InChI=1S/C23H24N2O2/c1-27-22-9-5-15-10-17(3-2-16(15)12-22)23(26)25(20-7-8-20)21-6-4-18-13-24-14-19(18)11-21/h2-3,5,9-10,12,14,20-21H,4,6-8,11,13H2,1H3. The van der Waals surface area contributed by atoms with Crippen molar-refractivity contribution in [2.24, 2.45) is 4.99 Å². The first kappa shape index (κ1) is 16.5. The summed E-state index contributed by atoms with van der Waals surface area (Å²) in [7, 11) is 1.67. The molecule has 2 aliphatic carbocycles. The molecular formula is C23H24N2O2. The fourth-order valence-corrected chi connectivity index (χ4v) is 4.45. The minimum absolute atomic E-state index is 0.180. The van der Waals surface area contributed by atoms with Crippen LogP contribution in [0, 0.1) is 0 Å². The highest BCUT2D eigenvalue weighted by Gasteiger charge is 2.39. The topological polar surface area (TPSA) is 41.9 Å². The molecule has 1 atom stereocenters. The van der Waals surface area contributed by atoms with Crippen molar-refractivity contribution < 1.29 is 9.53 Å². The summed E-state index contributed by atoms with van der Waals surface area (Å²) in [5.41, 5.74) is 3.64. The Morgan fingerprint density at radius 3 is 2.70 bits per heavy atom. The van der Waals surface area contributed by atoms with E-state index in [1.807, 2.05) is 42.6 Å². The number of hydrogen-bond donors (Lipinski definition) is 0. The Kier molecular flexibility index (Phi) is 4.00. The lowest BCUT2D eigenvalue weighted by atomic mass is 9.88. The first-order valence-electron chi connectivity index (χ1n) is 9.84. The van der Waals surface area contributed by atoms with Crippen molar-refractivity contribution in [3.05, 3.63) is 53.1 Å². The van der Waals surface area contributed by atoms with E-state index in [1.165, 1.54) is 11.1 Å². The van der Waals surface area contributed by atoms with Gasteiger partial charge in [0.2, 0.25) is 0 Å². The molecule has 5 rings (SSSR count). The zero-order valence-electron chi connectivity index (χ0n) is 15.6. The first-order chi connectivity index (χ1) is 13.2. The summed E-state index contributed by atoms with van der Waals surface area (Å²) in [4.78, 5) is 20.0. The Labute approximate surface area is 159 Å². The van der Waals surface area contributed by atoms with Crippen molar-refractivity contribution >= 4 is 22.9 Å². The third-order valence-corrected chi connectivity index (χ3v) is 6.08. The number of nitrogens with zero attached hydrogens (tertiary/aromatic N) is 2. The average molecular weight is 360 g/mol. The predicted molar refractivity (Wildman–Crippen MR) is 108 cm³/mol. The molecule has 3 aliphatic rings. The second kappa shape index (κ2) is 6.52. The highest BCUT2D eigenvalue weighted by molar-refractivity contribution is 5.99. The molecular weight excluding hydrogens is 336 g/mol. The van der Waals surface area contributed by atoms with Crippen LogP contribution in [0.2, 0.25) is 0 Å². The molecule has 4 heteroatoms. The van der Waals surface area contributed by atoms with E-state index in [0.717, 1.165) is 60.7 Å². The summed E-state index contributed by atoms with van der Waals surface area (Å²) >= 11 is 0. The van der Waals surface area contributed by atoms with Gasteiger partial charge in [0.25, 0.3) is 5.91 Å².